The largest absolute Gasteiger partial charge is 0.391 e. The molecule has 7 nitrogen and oxygen atoms in total. The molecule has 32 heavy (non-hydrogen) atoms. The predicted molar refractivity (Wildman–Crippen MR) is 119 cm³/mol. The lowest BCUT2D eigenvalue weighted by Crippen LogP contribution is -2.52. The van der Waals surface area contributed by atoms with Crippen molar-refractivity contribution in [3.05, 3.63) is 54.3 Å². The van der Waals surface area contributed by atoms with Gasteiger partial charge in [0.1, 0.15) is 5.82 Å². The normalized spacial score (nSPS) is 19.5. The molecule has 3 atom stereocenters. The molecule has 0 aliphatic carbocycles. The van der Waals surface area contributed by atoms with Crippen molar-refractivity contribution in [3.8, 4) is 16.9 Å². The topological polar surface area (TPSA) is 105 Å². The molecule has 0 radical (unpaired) electrons. The quantitative estimate of drug-likeness (QED) is 0.596. The molecule has 0 aromatic heterocycles. The van der Waals surface area contributed by atoms with Gasteiger partial charge in [0, 0.05) is 18.2 Å². The summed E-state index contributed by atoms with van der Waals surface area (Å²) in [5.74, 6) is -0.646. The van der Waals surface area contributed by atoms with Crippen molar-refractivity contribution in [1.82, 2.24) is 10.4 Å². The zero-order valence-corrected chi connectivity index (χ0v) is 18.5. The van der Waals surface area contributed by atoms with Crippen molar-refractivity contribution in [2.24, 2.45) is 11.1 Å². The van der Waals surface area contributed by atoms with Gasteiger partial charge in [-0.25, -0.2) is 4.39 Å². The van der Waals surface area contributed by atoms with Gasteiger partial charge >= 0.3 is 0 Å². The van der Waals surface area contributed by atoms with Gasteiger partial charge in [-0.1, -0.05) is 51.1 Å². The van der Waals surface area contributed by atoms with Crippen LogP contribution in [0.4, 0.5) is 4.39 Å². The summed E-state index contributed by atoms with van der Waals surface area (Å²) < 4.78 is 13.9. The highest BCUT2D eigenvalue weighted by atomic mass is 19.1. The van der Waals surface area contributed by atoms with Crippen LogP contribution < -0.4 is 16.1 Å². The third kappa shape index (κ3) is 5.63. The first kappa shape index (κ1) is 23.7. The zero-order valence-electron chi connectivity index (χ0n) is 18.5. The molecule has 1 aliphatic heterocycles. The van der Waals surface area contributed by atoms with Crippen molar-refractivity contribution in [3.63, 3.8) is 0 Å². The summed E-state index contributed by atoms with van der Waals surface area (Å²) in [7, 11) is 0. The first-order valence-electron chi connectivity index (χ1n) is 10.6. The lowest BCUT2D eigenvalue weighted by atomic mass is 9.86. The highest BCUT2D eigenvalue weighted by molar-refractivity contribution is 5.84. The van der Waals surface area contributed by atoms with Gasteiger partial charge in [-0.2, -0.15) is 5.48 Å². The fourth-order valence-electron chi connectivity index (χ4n) is 3.67. The van der Waals surface area contributed by atoms with E-state index in [0.717, 1.165) is 0 Å². The van der Waals surface area contributed by atoms with Gasteiger partial charge in [-0.15, -0.1) is 0 Å². The minimum Gasteiger partial charge on any atom is -0.391 e. The molecule has 1 fully saturated rings. The molecule has 0 saturated carbocycles. The van der Waals surface area contributed by atoms with Gasteiger partial charge in [0.2, 0.25) is 5.91 Å². The lowest BCUT2D eigenvalue weighted by Gasteiger charge is -2.32. The van der Waals surface area contributed by atoms with E-state index >= 15 is 0 Å². The number of halogens is 1. The molecule has 3 rings (SSSR count). The van der Waals surface area contributed by atoms with E-state index in [4.69, 9.17) is 10.6 Å². The summed E-state index contributed by atoms with van der Waals surface area (Å²) in [5, 5.41) is 10.0. The Morgan fingerprint density at radius 1 is 1.22 bits per heavy atom. The van der Waals surface area contributed by atoms with Gasteiger partial charge in [0.25, 0.3) is 5.91 Å². The van der Waals surface area contributed by atoms with Crippen LogP contribution >= 0.6 is 0 Å². The molecule has 1 saturated heterocycles. The van der Waals surface area contributed by atoms with Crippen molar-refractivity contribution in [1.29, 1.82) is 0 Å². The number of hydroxylamine groups is 1. The highest BCUT2D eigenvalue weighted by Crippen LogP contribution is 2.27. The molecule has 2 amide bonds. The highest BCUT2D eigenvalue weighted by Gasteiger charge is 2.40. The molecular weight excluding hydrogens is 413 g/mol. The lowest BCUT2D eigenvalue weighted by molar-refractivity contribution is -0.137. The molecule has 0 bridgehead atoms. The van der Waals surface area contributed by atoms with Crippen LogP contribution in [0.2, 0.25) is 0 Å². The van der Waals surface area contributed by atoms with Gasteiger partial charge in [-0.05, 0) is 35.6 Å². The number of carbonyl (C=O) groups excluding carboxylic acids is 2. The van der Waals surface area contributed by atoms with Crippen LogP contribution in [0, 0.1) is 11.2 Å². The number of rotatable bonds is 6. The summed E-state index contributed by atoms with van der Waals surface area (Å²) in [6.45, 7) is 5.76. The summed E-state index contributed by atoms with van der Waals surface area (Å²) in [6, 6.07) is 11.9. The molecule has 0 unspecified atom stereocenters. The van der Waals surface area contributed by atoms with Crippen LogP contribution in [0.5, 0.6) is 5.75 Å². The van der Waals surface area contributed by atoms with Gasteiger partial charge in [-0.3, -0.25) is 9.59 Å². The Morgan fingerprint density at radius 3 is 2.50 bits per heavy atom. The van der Waals surface area contributed by atoms with E-state index in [2.05, 4.69) is 5.48 Å². The number of hydrogen-bond donors (Lipinski definition) is 3. The Kier molecular flexibility index (Phi) is 7.16. The van der Waals surface area contributed by atoms with Crippen LogP contribution in [0.15, 0.2) is 48.5 Å². The van der Waals surface area contributed by atoms with E-state index in [1.807, 2.05) is 20.8 Å². The van der Waals surface area contributed by atoms with Crippen molar-refractivity contribution in [2.75, 3.05) is 6.54 Å². The van der Waals surface area contributed by atoms with Crippen molar-refractivity contribution < 1.29 is 23.9 Å². The summed E-state index contributed by atoms with van der Waals surface area (Å²) >= 11 is 0. The average molecular weight is 444 g/mol. The Bertz CT molecular complexity index is 958. The van der Waals surface area contributed by atoms with Crippen molar-refractivity contribution in [2.45, 2.75) is 51.8 Å². The van der Waals surface area contributed by atoms with Crippen LogP contribution in [0.25, 0.3) is 11.1 Å². The molecular formula is C24H30FN3O4. The number of nitrogens with one attached hydrogen (secondary N) is 1. The number of likely N-dealkylation sites (tertiary alicyclic amines) is 1. The van der Waals surface area contributed by atoms with Crippen LogP contribution in [-0.2, 0) is 9.59 Å². The van der Waals surface area contributed by atoms with Crippen LogP contribution in [-0.4, -0.2) is 46.6 Å². The first-order valence-corrected chi connectivity index (χ1v) is 10.6. The maximum absolute atomic E-state index is 13.9. The number of nitrogens with zero attached hydrogens (tertiary/aromatic N) is 1. The van der Waals surface area contributed by atoms with E-state index in [1.54, 1.807) is 42.5 Å². The van der Waals surface area contributed by atoms with Crippen LogP contribution in [0.1, 0.15) is 33.6 Å². The number of β-amino-alcohol motifs (C(OH)–C–C–N with tert-alkyl or cyclic N) is 1. The Labute approximate surface area is 187 Å². The monoisotopic (exact) mass is 443 g/mol. The molecule has 1 heterocycles. The summed E-state index contributed by atoms with van der Waals surface area (Å²) in [6.07, 6.45) is -0.420. The second-order valence-corrected chi connectivity index (χ2v) is 9.21. The number of benzene rings is 2. The Morgan fingerprint density at radius 2 is 1.88 bits per heavy atom. The van der Waals surface area contributed by atoms with Gasteiger partial charge in [0.15, 0.2) is 5.75 Å². The molecule has 1 aliphatic rings. The molecule has 172 valence electrons. The summed E-state index contributed by atoms with van der Waals surface area (Å²) in [5.41, 5.74) is 9.18. The minimum absolute atomic E-state index is 0.0209. The predicted octanol–water partition coefficient (Wildman–Crippen LogP) is 2.63. The van der Waals surface area contributed by atoms with Crippen LogP contribution in [0.3, 0.4) is 0 Å². The number of nitrogens with two attached hydrogens (primary N) is 1. The van der Waals surface area contributed by atoms with E-state index in [9.17, 15) is 19.1 Å². The number of aliphatic hydroxyl groups is 1. The fourth-order valence-corrected chi connectivity index (χ4v) is 3.67. The van der Waals surface area contributed by atoms with E-state index < -0.39 is 29.5 Å². The second kappa shape index (κ2) is 9.67. The Balaban J connectivity index is 1.57. The molecule has 4 N–H and O–H groups in total. The molecule has 2 aromatic rings. The number of hydrogen-bond acceptors (Lipinski definition) is 5. The maximum atomic E-state index is 13.9. The first-order chi connectivity index (χ1) is 15.1. The smallest absolute Gasteiger partial charge is 0.254 e. The molecule has 0 spiro atoms. The number of aliphatic hydroxyl groups excluding tert-OH is 1. The fraction of sp³-hybridized carbons (Fsp3) is 0.417. The Hall–Kier alpha value is -2.97. The zero-order chi connectivity index (χ0) is 23.5. The van der Waals surface area contributed by atoms with E-state index in [1.165, 1.54) is 11.0 Å². The minimum atomic E-state index is -0.734. The average Bonchev–Trinajstić information content (AvgIpc) is 3.11. The molecule has 8 heteroatoms. The van der Waals surface area contributed by atoms with E-state index in [-0.39, 0.29) is 24.7 Å². The van der Waals surface area contributed by atoms with Crippen molar-refractivity contribution >= 4 is 11.8 Å². The SMILES string of the molecule is CC(C)(C)[C@H](N)C(=O)N1C[C@H](O)C[C@H]1CC(=O)NOc1ccc(-c2ccccc2F)cc1. The third-order valence-electron chi connectivity index (χ3n) is 5.62. The standard InChI is InChI=1S/C24H30FN3O4/c1-24(2,3)22(26)23(31)28-14-17(29)12-16(28)13-21(30)27-32-18-10-8-15(9-11-18)19-6-4-5-7-20(19)25/h4-11,16-17,22,29H,12-14,26H2,1-3H3,(H,27,30)/t16-,17+,22+/m0/s1. The molecule has 2 aromatic carbocycles. The number of amides is 2. The van der Waals surface area contributed by atoms with Gasteiger partial charge in [0.05, 0.1) is 18.6 Å². The van der Waals surface area contributed by atoms with E-state index in [0.29, 0.717) is 23.3 Å². The third-order valence-corrected chi connectivity index (χ3v) is 5.62. The van der Waals surface area contributed by atoms with Gasteiger partial charge < -0.3 is 20.6 Å². The maximum Gasteiger partial charge on any atom is 0.254 e. The summed E-state index contributed by atoms with van der Waals surface area (Å²) in [4.78, 5) is 32.0. The number of carbonyl (C=O) groups is 2. The second-order valence-electron chi connectivity index (χ2n) is 9.21.